The van der Waals surface area contributed by atoms with E-state index < -0.39 is 6.10 Å². The fourth-order valence-electron chi connectivity index (χ4n) is 3.20. The number of aromatic nitrogens is 2. The van der Waals surface area contributed by atoms with Gasteiger partial charge in [0.2, 0.25) is 5.56 Å². The van der Waals surface area contributed by atoms with E-state index in [1.807, 2.05) is 18.2 Å². The summed E-state index contributed by atoms with van der Waals surface area (Å²) in [6.07, 6.45) is 2.49. The minimum absolute atomic E-state index is 0.0878. The zero-order valence-electron chi connectivity index (χ0n) is 13.6. The summed E-state index contributed by atoms with van der Waals surface area (Å²) in [7, 11) is 0. The summed E-state index contributed by atoms with van der Waals surface area (Å²) in [6.45, 7) is 2.89. The molecule has 0 radical (unpaired) electrons. The van der Waals surface area contributed by atoms with Gasteiger partial charge in [-0.3, -0.25) is 14.6 Å². The van der Waals surface area contributed by atoms with Gasteiger partial charge in [-0.2, -0.15) is 0 Å². The number of carbonyl (C=O) groups is 1. The monoisotopic (exact) mass is 327 g/mol. The Balaban J connectivity index is 1.64. The molecule has 0 bridgehead atoms. The van der Waals surface area contributed by atoms with Crippen molar-refractivity contribution < 1.29 is 9.90 Å². The predicted octanol–water partition coefficient (Wildman–Crippen LogP) is 1.66. The van der Waals surface area contributed by atoms with E-state index in [-0.39, 0.29) is 17.4 Å². The molecule has 3 rings (SSSR count). The summed E-state index contributed by atoms with van der Waals surface area (Å²) in [6, 6.07) is 8.53. The van der Waals surface area contributed by atoms with E-state index in [9.17, 15) is 14.7 Å². The van der Waals surface area contributed by atoms with E-state index in [4.69, 9.17) is 0 Å². The molecule has 1 saturated heterocycles. The SMILES string of the molecule is Cc1cc(C(=O)N2CCC(C(O)c3ccccn3)CC2)cc(=O)[nH]1. The maximum Gasteiger partial charge on any atom is 0.254 e. The number of nitrogens with one attached hydrogen (secondary N) is 1. The first kappa shape index (κ1) is 16.4. The van der Waals surface area contributed by atoms with Crippen molar-refractivity contribution in [2.45, 2.75) is 25.9 Å². The third-order valence-corrected chi connectivity index (χ3v) is 4.49. The lowest BCUT2D eigenvalue weighted by Gasteiger charge is -2.34. The van der Waals surface area contributed by atoms with Crippen molar-refractivity contribution in [2.24, 2.45) is 5.92 Å². The lowest BCUT2D eigenvalue weighted by atomic mass is 9.89. The molecule has 1 aliphatic heterocycles. The van der Waals surface area contributed by atoms with Gasteiger partial charge in [-0.25, -0.2) is 0 Å². The zero-order chi connectivity index (χ0) is 17.1. The Morgan fingerprint density at radius 1 is 1.33 bits per heavy atom. The first-order valence-corrected chi connectivity index (χ1v) is 8.14. The van der Waals surface area contributed by atoms with Gasteiger partial charge in [-0.05, 0) is 43.9 Å². The van der Waals surface area contributed by atoms with Crippen LogP contribution in [0.5, 0.6) is 0 Å². The maximum absolute atomic E-state index is 12.5. The van der Waals surface area contributed by atoms with Crippen LogP contribution in [0.15, 0.2) is 41.3 Å². The summed E-state index contributed by atoms with van der Waals surface area (Å²) in [5, 5.41) is 10.4. The third-order valence-electron chi connectivity index (χ3n) is 4.49. The number of aromatic amines is 1. The van der Waals surface area contributed by atoms with Gasteiger partial charge in [-0.15, -0.1) is 0 Å². The Bertz CT molecular complexity index is 765. The van der Waals surface area contributed by atoms with Crippen molar-refractivity contribution in [1.82, 2.24) is 14.9 Å². The van der Waals surface area contributed by atoms with E-state index in [0.29, 0.717) is 42.9 Å². The van der Waals surface area contributed by atoms with Crippen molar-refractivity contribution in [3.05, 3.63) is 63.8 Å². The Kier molecular flexibility index (Phi) is 4.76. The molecule has 24 heavy (non-hydrogen) atoms. The average molecular weight is 327 g/mol. The molecule has 126 valence electrons. The molecule has 1 unspecified atom stereocenters. The molecule has 2 aromatic heterocycles. The van der Waals surface area contributed by atoms with Crippen molar-refractivity contribution in [2.75, 3.05) is 13.1 Å². The van der Waals surface area contributed by atoms with E-state index in [2.05, 4.69) is 9.97 Å². The summed E-state index contributed by atoms with van der Waals surface area (Å²) in [4.78, 5) is 32.7. The topological polar surface area (TPSA) is 86.3 Å². The number of amides is 1. The molecule has 6 heteroatoms. The maximum atomic E-state index is 12.5. The second-order valence-electron chi connectivity index (χ2n) is 6.25. The first-order chi connectivity index (χ1) is 11.5. The van der Waals surface area contributed by atoms with Crippen molar-refractivity contribution in [3.8, 4) is 0 Å². The van der Waals surface area contributed by atoms with Crippen LogP contribution in [-0.2, 0) is 0 Å². The smallest absolute Gasteiger partial charge is 0.254 e. The number of aliphatic hydroxyl groups is 1. The number of piperidine rings is 1. The van der Waals surface area contributed by atoms with Crippen LogP contribution in [0.2, 0.25) is 0 Å². The highest BCUT2D eigenvalue weighted by molar-refractivity contribution is 5.94. The predicted molar refractivity (Wildman–Crippen MR) is 89.6 cm³/mol. The minimum atomic E-state index is -0.606. The van der Waals surface area contributed by atoms with E-state index in [1.54, 1.807) is 24.1 Å². The second-order valence-corrected chi connectivity index (χ2v) is 6.25. The second kappa shape index (κ2) is 6.97. The molecule has 0 aliphatic carbocycles. The van der Waals surface area contributed by atoms with Gasteiger partial charge in [0.1, 0.15) is 0 Å². The number of aryl methyl sites for hydroxylation is 1. The third kappa shape index (κ3) is 3.54. The number of hydrogen-bond acceptors (Lipinski definition) is 4. The lowest BCUT2D eigenvalue weighted by molar-refractivity contribution is 0.0447. The summed E-state index contributed by atoms with van der Waals surface area (Å²) in [5.74, 6) is -0.0418. The Morgan fingerprint density at radius 3 is 2.71 bits per heavy atom. The van der Waals surface area contributed by atoms with Crippen molar-refractivity contribution in [3.63, 3.8) is 0 Å². The van der Waals surface area contributed by atoms with Crippen LogP contribution in [-0.4, -0.2) is 39.0 Å². The van der Waals surface area contributed by atoms with Crippen LogP contribution in [0.25, 0.3) is 0 Å². The molecule has 0 spiro atoms. The lowest BCUT2D eigenvalue weighted by Crippen LogP contribution is -2.40. The number of pyridine rings is 2. The number of H-pyrrole nitrogens is 1. The van der Waals surface area contributed by atoms with Crippen LogP contribution in [0.4, 0.5) is 0 Å². The Morgan fingerprint density at radius 2 is 2.08 bits per heavy atom. The molecule has 6 nitrogen and oxygen atoms in total. The molecule has 0 saturated carbocycles. The average Bonchev–Trinajstić information content (AvgIpc) is 2.60. The fraction of sp³-hybridized carbons (Fsp3) is 0.389. The van der Waals surface area contributed by atoms with E-state index in [0.717, 1.165) is 0 Å². The van der Waals surface area contributed by atoms with Crippen LogP contribution >= 0.6 is 0 Å². The molecule has 2 N–H and O–H groups in total. The zero-order valence-corrected chi connectivity index (χ0v) is 13.6. The summed E-state index contributed by atoms with van der Waals surface area (Å²) in [5.41, 5.74) is 1.50. The minimum Gasteiger partial charge on any atom is -0.387 e. The van der Waals surface area contributed by atoms with Crippen LogP contribution < -0.4 is 5.56 Å². The summed E-state index contributed by atoms with van der Waals surface area (Å²) >= 11 is 0. The van der Waals surface area contributed by atoms with Gasteiger partial charge >= 0.3 is 0 Å². The van der Waals surface area contributed by atoms with Gasteiger partial charge in [0.25, 0.3) is 5.91 Å². The van der Waals surface area contributed by atoms with Crippen LogP contribution in [0, 0.1) is 12.8 Å². The van der Waals surface area contributed by atoms with Gasteiger partial charge < -0.3 is 15.0 Å². The number of hydrogen-bond donors (Lipinski definition) is 2. The molecule has 1 atom stereocenters. The molecule has 2 aromatic rings. The van der Waals surface area contributed by atoms with Gasteiger partial charge in [0.15, 0.2) is 0 Å². The Labute approximate surface area is 140 Å². The molecular weight excluding hydrogens is 306 g/mol. The molecule has 1 aliphatic rings. The van der Waals surface area contributed by atoms with Gasteiger partial charge in [-0.1, -0.05) is 6.07 Å². The number of nitrogens with zero attached hydrogens (tertiary/aromatic N) is 2. The highest BCUT2D eigenvalue weighted by Gasteiger charge is 2.29. The Hall–Kier alpha value is -2.47. The number of carbonyl (C=O) groups excluding carboxylic acids is 1. The fourth-order valence-corrected chi connectivity index (χ4v) is 3.20. The molecule has 1 fully saturated rings. The van der Waals surface area contributed by atoms with Gasteiger partial charge in [0, 0.05) is 36.6 Å². The van der Waals surface area contributed by atoms with Gasteiger partial charge in [0.05, 0.1) is 11.8 Å². The highest BCUT2D eigenvalue weighted by atomic mass is 16.3. The molecular formula is C18H21N3O3. The van der Waals surface area contributed by atoms with Crippen molar-refractivity contribution in [1.29, 1.82) is 0 Å². The quantitative estimate of drug-likeness (QED) is 0.898. The van der Waals surface area contributed by atoms with Crippen LogP contribution in [0.3, 0.4) is 0 Å². The molecule has 1 amide bonds. The van der Waals surface area contributed by atoms with Crippen molar-refractivity contribution >= 4 is 5.91 Å². The molecule has 3 heterocycles. The van der Waals surface area contributed by atoms with E-state index in [1.165, 1.54) is 6.07 Å². The van der Waals surface area contributed by atoms with Crippen LogP contribution in [0.1, 0.15) is 40.7 Å². The first-order valence-electron chi connectivity index (χ1n) is 8.14. The standard InChI is InChI=1S/C18H21N3O3/c1-12-10-14(11-16(22)20-12)18(24)21-8-5-13(6-9-21)17(23)15-4-2-3-7-19-15/h2-4,7,10-11,13,17,23H,5-6,8-9H2,1H3,(H,20,22). The number of rotatable bonds is 3. The largest absolute Gasteiger partial charge is 0.387 e. The summed E-state index contributed by atoms with van der Waals surface area (Å²) < 4.78 is 0. The number of aliphatic hydroxyl groups excluding tert-OH is 1. The normalized spacial score (nSPS) is 16.8. The highest BCUT2D eigenvalue weighted by Crippen LogP contribution is 2.30. The number of likely N-dealkylation sites (tertiary alicyclic amines) is 1. The van der Waals surface area contributed by atoms with E-state index >= 15 is 0 Å². The molecule has 0 aromatic carbocycles.